The second kappa shape index (κ2) is 7.86. The number of aromatic amines is 1. The molecule has 28 heavy (non-hydrogen) atoms. The third-order valence-electron chi connectivity index (χ3n) is 6.34. The van der Waals surface area contributed by atoms with E-state index < -0.39 is 0 Å². The van der Waals surface area contributed by atoms with Crippen molar-refractivity contribution in [3.05, 3.63) is 35.5 Å². The molecule has 1 fully saturated rings. The van der Waals surface area contributed by atoms with E-state index in [0.717, 1.165) is 44.4 Å². The SMILES string of the molecule is CCN(CC)C(=O)N1CCC(C(=O)N2CCc3[nH]c4ccccc4c3C2)CC1. The van der Waals surface area contributed by atoms with Crippen LogP contribution in [0.25, 0.3) is 10.9 Å². The summed E-state index contributed by atoms with van der Waals surface area (Å²) < 4.78 is 0. The van der Waals surface area contributed by atoms with Crippen LogP contribution >= 0.6 is 0 Å². The highest BCUT2D eigenvalue weighted by molar-refractivity contribution is 5.86. The monoisotopic (exact) mass is 382 g/mol. The summed E-state index contributed by atoms with van der Waals surface area (Å²) in [5.74, 6) is 0.290. The van der Waals surface area contributed by atoms with Crippen molar-refractivity contribution in [3.63, 3.8) is 0 Å². The number of para-hydroxylation sites is 1. The van der Waals surface area contributed by atoms with E-state index in [4.69, 9.17) is 0 Å². The number of carbonyl (C=O) groups excluding carboxylic acids is 2. The van der Waals surface area contributed by atoms with Gasteiger partial charge in [0.15, 0.2) is 0 Å². The van der Waals surface area contributed by atoms with Crippen molar-refractivity contribution in [1.82, 2.24) is 19.7 Å². The predicted octanol–water partition coefficient (Wildman–Crippen LogP) is 3.23. The Balaban J connectivity index is 1.39. The van der Waals surface area contributed by atoms with E-state index in [9.17, 15) is 9.59 Å². The molecule has 2 aliphatic heterocycles. The molecular weight excluding hydrogens is 352 g/mol. The normalized spacial score (nSPS) is 17.6. The number of piperidine rings is 1. The first-order chi connectivity index (χ1) is 13.6. The molecule has 0 unspecified atom stereocenters. The molecule has 1 N–H and O–H groups in total. The zero-order valence-electron chi connectivity index (χ0n) is 16.9. The first-order valence-electron chi connectivity index (χ1n) is 10.5. The zero-order valence-corrected chi connectivity index (χ0v) is 16.9. The van der Waals surface area contributed by atoms with Gasteiger partial charge in [-0.25, -0.2) is 4.79 Å². The third kappa shape index (κ3) is 3.36. The number of H-pyrrole nitrogens is 1. The molecule has 0 atom stereocenters. The van der Waals surface area contributed by atoms with Crippen LogP contribution in [-0.4, -0.2) is 64.3 Å². The number of carbonyl (C=O) groups is 2. The van der Waals surface area contributed by atoms with Crippen molar-refractivity contribution < 1.29 is 9.59 Å². The third-order valence-corrected chi connectivity index (χ3v) is 6.34. The Morgan fingerprint density at radius 1 is 1.07 bits per heavy atom. The number of likely N-dealkylation sites (tertiary alicyclic amines) is 1. The van der Waals surface area contributed by atoms with Crippen LogP contribution in [0.4, 0.5) is 4.79 Å². The lowest BCUT2D eigenvalue weighted by Crippen LogP contribution is -2.49. The van der Waals surface area contributed by atoms with Gasteiger partial charge in [-0.2, -0.15) is 0 Å². The van der Waals surface area contributed by atoms with E-state index in [1.54, 1.807) is 0 Å². The summed E-state index contributed by atoms with van der Waals surface area (Å²) in [6.45, 7) is 8.30. The van der Waals surface area contributed by atoms with Gasteiger partial charge in [0.05, 0.1) is 0 Å². The maximum atomic E-state index is 13.1. The summed E-state index contributed by atoms with van der Waals surface area (Å²) in [7, 11) is 0. The van der Waals surface area contributed by atoms with E-state index in [1.165, 1.54) is 16.6 Å². The van der Waals surface area contributed by atoms with Crippen molar-refractivity contribution in [1.29, 1.82) is 0 Å². The topological polar surface area (TPSA) is 59.7 Å². The lowest BCUT2D eigenvalue weighted by Gasteiger charge is -2.37. The average molecular weight is 383 g/mol. The number of hydrogen-bond acceptors (Lipinski definition) is 2. The summed E-state index contributed by atoms with van der Waals surface area (Å²) in [4.78, 5) is 35.0. The summed E-state index contributed by atoms with van der Waals surface area (Å²) >= 11 is 0. The van der Waals surface area contributed by atoms with Crippen LogP contribution in [-0.2, 0) is 17.8 Å². The van der Waals surface area contributed by atoms with Crippen LogP contribution < -0.4 is 0 Å². The van der Waals surface area contributed by atoms with Gasteiger partial charge in [-0.05, 0) is 32.8 Å². The van der Waals surface area contributed by atoms with Crippen LogP contribution in [0.2, 0.25) is 0 Å². The minimum absolute atomic E-state index is 0.0347. The van der Waals surface area contributed by atoms with Crippen molar-refractivity contribution in [3.8, 4) is 0 Å². The first-order valence-corrected chi connectivity index (χ1v) is 10.5. The molecule has 0 aliphatic carbocycles. The van der Waals surface area contributed by atoms with Gasteiger partial charge in [-0.1, -0.05) is 18.2 Å². The highest BCUT2D eigenvalue weighted by Gasteiger charge is 2.33. The van der Waals surface area contributed by atoms with E-state index in [2.05, 4.69) is 23.2 Å². The van der Waals surface area contributed by atoms with Crippen LogP contribution in [0.5, 0.6) is 0 Å². The molecule has 150 valence electrons. The van der Waals surface area contributed by atoms with Gasteiger partial charge in [0.2, 0.25) is 5.91 Å². The number of amides is 3. The first kappa shape index (κ1) is 18.8. The molecule has 1 aromatic heterocycles. The Morgan fingerprint density at radius 3 is 2.50 bits per heavy atom. The molecule has 3 heterocycles. The zero-order chi connectivity index (χ0) is 19.7. The molecular formula is C22H30N4O2. The van der Waals surface area contributed by atoms with Gasteiger partial charge in [0, 0.05) is 73.8 Å². The molecule has 4 rings (SSSR count). The number of rotatable bonds is 3. The largest absolute Gasteiger partial charge is 0.358 e. The van der Waals surface area contributed by atoms with Gasteiger partial charge in [0.1, 0.15) is 0 Å². The summed E-state index contributed by atoms with van der Waals surface area (Å²) in [5, 5.41) is 1.23. The van der Waals surface area contributed by atoms with Crippen molar-refractivity contribution >= 4 is 22.8 Å². The Morgan fingerprint density at radius 2 is 1.79 bits per heavy atom. The second-order valence-electron chi connectivity index (χ2n) is 7.85. The van der Waals surface area contributed by atoms with E-state index in [0.29, 0.717) is 19.6 Å². The average Bonchev–Trinajstić information content (AvgIpc) is 3.12. The fourth-order valence-electron chi connectivity index (χ4n) is 4.62. The molecule has 0 saturated carbocycles. The number of fused-ring (bicyclic) bond motifs is 3. The summed E-state index contributed by atoms with van der Waals surface area (Å²) in [5.41, 5.74) is 3.69. The molecule has 2 aliphatic rings. The number of nitrogens with one attached hydrogen (secondary N) is 1. The Kier molecular flexibility index (Phi) is 5.29. The summed E-state index contributed by atoms with van der Waals surface area (Å²) in [6, 6.07) is 8.44. The fourth-order valence-corrected chi connectivity index (χ4v) is 4.62. The fraction of sp³-hybridized carbons (Fsp3) is 0.545. The summed E-state index contributed by atoms with van der Waals surface area (Å²) in [6.07, 6.45) is 2.42. The van der Waals surface area contributed by atoms with Crippen molar-refractivity contribution in [2.24, 2.45) is 5.92 Å². The maximum absolute atomic E-state index is 13.1. The second-order valence-corrected chi connectivity index (χ2v) is 7.85. The standard InChI is InChI=1S/C22H30N4O2/c1-3-24(4-2)22(28)25-12-9-16(10-13-25)21(27)26-14-11-20-18(15-26)17-7-5-6-8-19(17)23-20/h5-8,16,23H,3-4,9-15H2,1-2H3. The molecule has 0 radical (unpaired) electrons. The van der Waals surface area contributed by atoms with Crippen molar-refractivity contribution in [2.75, 3.05) is 32.7 Å². The number of urea groups is 1. The minimum Gasteiger partial charge on any atom is -0.358 e. The molecule has 1 saturated heterocycles. The van der Waals surface area contributed by atoms with Crippen LogP contribution in [0, 0.1) is 5.92 Å². The van der Waals surface area contributed by atoms with E-state index in [-0.39, 0.29) is 17.9 Å². The quantitative estimate of drug-likeness (QED) is 0.886. The molecule has 6 nitrogen and oxygen atoms in total. The molecule has 2 aromatic rings. The Bertz CT molecular complexity index is 863. The number of aromatic nitrogens is 1. The molecule has 1 aromatic carbocycles. The smallest absolute Gasteiger partial charge is 0.319 e. The number of benzene rings is 1. The Hall–Kier alpha value is -2.50. The van der Waals surface area contributed by atoms with Crippen molar-refractivity contribution in [2.45, 2.75) is 39.7 Å². The van der Waals surface area contributed by atoms with Crippen LogP contribution in [0.3, 0.4) is 0 Å². The highest BCUT2D eigenvalue weighted by atomic mass is 16.2. The molecule has 0 bridgehead atoms. The lowest BCUT2D eigenvalue weighted by molar-refractivity contribution is -0.137. The van der Waals surface area contributed by atoms with Gasteiger partial charge in [-0.15, -0.1) is 0 Å². The van der Waals surface area contributed by atoms with E-state index in [1.807, 2.05) is 34.6 Å². The number of hydrogen-bond donors (Lipinski definition) is 1. The van der Waals surface area contributed by atoms with Gasteiger partial charge in [-0.3, -0.25) is 4.79 Å². The molecule has 3 amide bonds. The van der Waals surface area contributed by atoms with Crippen LogP contribution in [0.1, 0.15) is 37.9 Å². The predicted molar refractivity (Wildman–Crippen MR) is 110 cm³/mol. The Labute approximate surface area is 166 Å². The molecule has 6 heteroatoms. The van der Waals surface area contributed by atoms with Gasteiger partial charge >= 0.3 is 6.03 Å². The van der Waals surface area contributed by atoms with Gasteiger partial charge in [0.25, 0.3) is 0 Å². The number of nitrogens with zero attached hydrogens (tertiary/aromatic N) is 3. The lowest BCUT2D eigenvalue weighted by atomic mass is 9.94. The maximum Gasteiger partial charge on any atom is 0.319 e. The van der Waals surface area contributed by atoms with Crippen LogP contribution in [0.15, 0.2) is 24.3 Å². The minimum atomic E-state index is 0.0347. The van der Waals surface area contributed by atoms with E-state index >= 15 is 0 Å². The highest BCUT2D eigenvalue weighted by Crippen LogP contribution is 2.29. The molecule has 0 spiro atoms. The van der Waals surface area contributed by atoms with Gasteiger partial charge < -0.3 is 19.7 Å².